The van der Waals surface area contributed by atoms with E-state index in [9.17, 15) is 4.79 Å². The average Bonchev–Trinajstić information content (AvgIpc) is 3.36. The lowest BCUT2D eigenvalue weighted by molar-refractivity contribution is 0.0716. The van der Waals surface area contributed by atoms with Crippen LogP contribution in [-0.4, -0.2) is 64.6 Å². The van der Waals surface area contributed by atoms with Gasteiger partial charge in [0.2, 0.25) is 0 Å². The molecule has 2 aliphatic rings. The zero-order chi connectivity index (χ0) is 22.2. The van der Waals surface area contributed by atoms with Crippen LogP contribution >= 0.6 is 0 Å². The standard InChI is InChI=1S/C26H32N4O2/c1-18-27-23-9-4-5-10-24(23)30(18)16-19-11-12-22(25(15-19)32-3)26(31)28(2)21-13-14-29(17-21)20-7-6-8-20/h4-5,9-12,15,20-21H,6-8,13-14,16-17H2,1-3H3/t21-/m1/s1. The summed E-state index contributed by atoms with van der Waals surface area (Å²) in [4.78, 5) is 22.5. The van der Waals surface area contributed by atoms with E-state index in [1.54, 1.807) is 7.11 Å². The van der Waals surface area contributed by atoms with E-state index in [0.29, 0.717) is 17.9 Å². The summed E-state index contributed by atoms with van der Waals surface area (Å²) in [7, 11) is 3.58. The molecule has 2 fully saturated rings. The number of benzene rings is 2. The molecule has 0 spiro atoms. The highest BCUT2D eigenvalue weighted by Gasteiger charge is 2.35. The second kappa shape index (κ2) is 8.58. The van der Waals surface area contributed by atoms with Gasteiger partial charge in [0.15, 0.2) is 0 Å². The molecule has 0 bridgehead atoms. The molecule has 1 amide bonds. The Morgan fingerprint density at radius 2 is 2.00 bits per heavy atom. The molecule has 0 radical (unpaired) electrons. The molecule has 1 aliphatic heterocycles. The second-order valence-corrected chi connectivity index (χ2v) is 9.21. The Labute approximate surface area is 189 Å². The van der Waals surface area contributed by atoms with Gasteiger partial charge in [0.25, 0.3) is 5.91 Å². The van der Waals surface area contributed by atoms with Crippen LogP contribution in [0.15, 0.2) is 42.5 Å². The van der Waals surface area contributed by atoms with Crippen molar-refractivity contribution in [3.63, 3.8) is 0 Å². The van der Waals surface area contributed by atoms with Crippen LogP contribution < -0.4 is 4.74 Å². The number of fused-ring (bicyclic) bond motifs is 1. The monoisotopic (exact) mass is 432 g/mol. The fourth-order valence-electron chi connectivity index (χ4n) is 5.11. The molecule has 5 rings (SSSR count). The predicted molar refractivity (Wildman–Crippen MR) is 126 cm³/mol. The number of ether oxygens (including phenoxy) is 1. The number of hydrogen-bond donors (Lipinski definition) is 0. The smallest absolute Gasteiger partial charge is 0.257 e. The third-order valence-electron chi connectivity index (χ3n) is 7.34. The summed E-state index contributed by atoms with van der Waals surface area (Å²) in [5.41, 5.74) is 3.83. The SMILES string of the molecule is COc1cc(Cn2c(C)nc3ccccc32)ccc1C(=O)N(C)[C@@H]1CCN(C2CCC2)C1. The first-order valence-electron chi connectivity index (χ1n) is 11.6. The van der Waals surface area contributed by atoms with Crippen LogP contribution in [0, 0.1) is 6.92 Å². The quantitative estimate of drug-likeness (QED) is 0.589. The van der Waals surface area contributed by atoms with E-state index in [1.807, 2.05) is 55.3 Å². The summed E-state index contributed by atoms with van der Waals surface area (Å²) in [6.45, 7) is 4.80. The largest absolute Gasteiger partial charge is 0.496 e. The van der Waals surface area contributed by atoms with Crippen LogP contribution in [0.4, 0.5) is 0 Å². The van der Waals surface area contributed by atoms with Crippen molar-refractivity contribution in [2.24, 2.45) is 0 Å². The number of carbonyl (C=O) groups is 1. The molecule has 3 aromatic rings. The highest BCUT2D eigenvalue weighted by Crippen LogP contribution is 2.30. The number of aryl methyl sites for hydroxylation is 1. The lowest BCUT2D eigenvalue weighted by Gasteiger charge is -2.35. The molecular formula is C26H32N4O2. The molecule has 1 aromatic heterocycles. The molecule has 6 heteroatoms. The minimum Gasteiger partial charge on any atom is -0.496 e. The number of amides is 1. The van der Waals surface area contributed by atoms with Gasteiger partial charge in [-0.25, -0.2) is 4.98 Å². The maximum absolute atomic E-state index is 13.3. The van der Waals surface area contributed by atoms with Gasteiger partial charge in [0, 0.05) is 38.8 Å². The lowest BCUT2D eigenvalue weighted by atomic mass is 9.92. The molecule has 2 aromatic carbocycles. The zero-order valence-corrected chi connectivity index (χ0v) is 19.3. The Kier molecular flexibility index (Phi) is 5.64. The van der Waals surface area contributed by atoms with E-state index in [0.717, 1.165) is 48.0 Å². The van der Waals surface area contributed by atoms with Gasteiger partial charge in [-0.15, -0.1) is 0 Å². The molecule has 0 unspecified atom stereocenters. The van der Waals surface area contributed by atoms with E-state index in [1.165, 1.54) is 19.3 Å². The van der Waals surface area contributed by atoms with Crippen LogP contribution in [0.1, 0.15) is 47.4 Å². The average molecular weight is 433 g/mol. The Hall–Kier alpha value is -2.86. The normalized spacial score (nSPS) is 19.3. The summed E-state index contributed by atoms with van der Waals surface area (Å²) in [5, 5.41) is 0. The highest BCUT2D eigenvalue weighted by atomic mass is 16.5. The van der Waals surface area contributed by atoms with Gasteiger partial charge in [0.1, 0.15) is 11.6 Å². The summed E-state index contributed by atoms with van der Waals surface area (Å²) < 4.78 is 7.86. The van der Waals surface area contributed by atoms with Crippen molar-refractivity contribution in [1.29, 1.82) is 0 Å². The van der Waals surface area contributed by atoms with Crippen molar-refractivity contribution in [3.05, 3.63) is 59.4 Å². The Morgan fingerprint density at radius 3 is 2.75 bits per heavy atom. The molecule has 168 valence electrons. The van der Waals surface area contributed by atoms with Crippen molar-refractivity contribution < 1.29 is 9.53 Å². The Morgan fingerprint density at radius 1 is 1.19 bits per heavy atom. The Bertz CT molecular complexity index is 1130. The molecule has 0 N–H and O–H groups in total. The van der Waals surface area contributed by atoms with Crippen molar-refractivity contribution >= 4 is 16.9 Å². The molecule has 1 saturated heterocycles. The second-order valence-electron chi connectivity index (χ2n) is 9.21. The first-order chi connectivity index (χ1) is 15.5. The number of rotatable bonds is 6. The molecule has 1 aliphatic carbocycles. The van der Waals surface area contributed by atoms with Crippen LogP contribution in [0.5, 0.6) is 5.75 Å². The summed E-state index contributed by atoms with van der Waals surface area (Å²) in [5.74, 6) is 1.65. The van der Waals surface area contributed by atoms with E-state index in [4.69, 9.17) is 4.74 Å². The number of carbonyl (C=O) groups excluding carboxylic acids is 1. The van der Waals surface area contributed by atoms with Gasteiger partial charge >= 0.3 is 0 Å². The van der Waals surface area contributed by atoms with Gasteiger partial charge in [-0.2, -0.15) is 0 Å². The Balaban J connectivity index is 1.34. The number of likely N-dealkylation sites (N-methyl/N-ethyl adjacent to an activating group) is 1. The van der Waals surface area contributed by atoms with Crippen molar-refractivity contribution in [1.82, 2.24) is 19.4 Å². The van der Waals surface area contributed by atoms with E-state index in [2.05, 4.69) is 20.5 Å². The summed E-state index contributed by atoms with van der Waals surface area (Å²) in [6.07, 6.45) is 5.02. The number of methoxy groups -OCH3 is 1. The first kappa shape index (κ1) is 21.0. The lowest BCUT2D eigenvalue weighted by Crippen LogP contribution is -2.43. The van der Waals surface area contributed by atoms with E-state index in [-0.39, 0.29) is 11.9 Å². The fraction of sp³-hybridized carbons (Fsp3) is 0.462. The van der Waals surface area contributed by atoms with Gasteiger partial charge in [-0.1, -0.05) is 24.6 Å². The fourth-order valence-corrected chi connectivity index (χ4v) is 5.11. The number of aromatic nitrogens is 2. The molecule has 6 nitrogen and oxygen atoms in total. The number of nitrogens with zero attached hydrogens (tertiary/aromatic N) is 4. The summed E-state index contributed by atoms with van der Waals surface area (Å²) in [6, 6.07) is 15.1. The van der Waals surface area contributed by atoms with Gasteiger partial charge in [-0.3, -0.25) is 9.69 Å². The first-order valence-corrected chi connectivity index (χ1v) is 11.6. The number of hydrogen-bond acceptors (Lipinski definition) is 4. The van der Waals surface area contributed by atoms with E-state index >= 15 is 0 Å². The molecule has 1 saturated carbocycles. The molecule has 2 heterocycles. The van der Waals surface area contributed by atoms with Gasteiger partial charge in [0.05, 0.1) is 23.7 Å². The van der Waals surface area contributed by atoms with Crippen molar-refractivity contribution in [2.45, 2.75) is 51.2 Å². The predicted octanol–water partition coefficient (Wildman–Crippen LogP) is 4.10. The highest BCUT2D eigenvalue weighted by molar-refractivity contribution is 5.97. The van der Waals surface area contributed by atoms with Crippen LogP contribution in [0.2, 0.25) is 0 Å². The van der Waals surface area contributed by atoms with Crippen molar-refractivity contribution in [2.75, 3.05) is 27.2 Å². The zero-order valence-electron chi connectivity index (χ0n) is 19.3. The number of para-hydroxylation sites is 2. The molecular weight excluding hydrogens is 400 g/mol. The molecule has 1 atom stereocenters. The van der Waals surface area contributed by atoms with Gasteiger partial charge < -0.3 is 14.2 Å². The minimum absolute atomic E-state index is 0.0399. The molecule has 32 heavy (non-hydrogen) atoms. The number of imidazole rings is 1. The van der Waals surface area contributed by atoms with Crippen LogP contribution in [-0.2, 0) is 6.54 Å². The van der Waals surface area contributed by atoms with E-state index < -0.39 is 0 Å². The van der Waals surface area contributed by atoms with Crippen LogP contribution in [0.3, 0.4) is 0 Å². The minimum atomic E-state index is 0.0399. The topological polar surface area (TPSA) is 50.6 Å². The maximum Gasteiger partial charge on any atom is 0.257 e. The maximum atomic E-state index is 13.3. The summed E-state index contributed by atoms with van der Waals surface area (Å²) >= 11 is 0. The number of likely N-dealkylation sites (tertiary alicyclic amines) is 1. The third-order valence-corrected chi connectivity index (χ3v) is 7.34. The van der Waals surface area contributed by atoms with Crippen molar-refractivity contribution in [3.8, 4) is 5.75 Å². The van der Waals surface area contributed by atoms with Gasteiger partial charge in [-0.05, 0) is 56.0 Å². The van der Waals surface area contributed by atoms with Crippen LogP contribution in [0.25, 0.3) is 11.0 Å². The third kappa shape index (κ3) is 3.77.